The Balaban J connectivity index is 1.30. The van der Waals surface area contributed by atoms with E-state index >= 15 is 0 Å². The lowest BCUT2D eigenvalue weighted by Gasteiger charge is -2.52. The van der Waals surface area contributed by atoms with Gasteiger partial charge in [-0.1, -0.05) is 31.9 Å². The van der Waals surface area contributed by atoms with E-state index in [-0.39, 0.29) is 23.7 Å². The van der Waals surface area contributed by atoms with E-state index in [4.69, 9.17) is 4.74 Å². The lowest BCUT2D eigenvalue weighted by Crippen LogP contribution is -2.53. The molecular weight excluding hydrogens is 458 g/mol. The molecule has 5 fully saturated rings. The van der Waals surface area contributed by atoms with Crippen molar-refractivity contribution in [2.75, 3.05) is 12.8 Å². The minimum absolute atomic E-state index is 0.0149. The highest BCUT2D eigenvalue weighted by atomic mass is 32.2. The first-order chi connectivity index (χ1) is 16.4. The molecule has 2 saturated heterocycles. The minimum Gasteiger partial charge on any atom is -0.369 e. The van der Waals surface area contributed by atoms with Crippen LogP contribution in [0.1, 0.15) is 91.9 Å². The second kappa shape index (κ2) is 8.14. The molecule has 6 rings (SSSR count). The number of Topliss-reactive ketones (excluding diaryl/α,β-unsaturated/α-hetero) is 1. The Labute approximate surface area is 212 Å². The summed E-state index contributed by atoms with van der Waals surface area (Å²) in [6.07, 6.45) is 11.9. The van der Waals surface area contributed by atoms with Crippen LogP contribution in [0.2, 0.25) is 0 Å². The Kier molecular flexibility index (Phi) is 5.72. The van der Waals surface area contributed by atoms with Gasteiger partial charge in [0.15, 0.2) is 0 Å². The van der Waals surface area contributed by atoms with Gasteiger partial charge in [-0.3, -0.25) is 4.79 Å². The molecule has 35 heavy (non-hydrogen) atoms. The van der Waals surface area contributed by atoms with Gasteiger partial charge in [0.25, 0.3) is 0 Å². The number of hydrogen-bond acceptors (Lipinski definition) is 4. The zero-order valence-corrected chi connectivity index (χ0v) is 23.2. The van der Waals surface area contributed by atoms with Crippen molar-refractivity contribution >= 4 is 15.8 Å². The fraction of sp³-hybridized carbons (Fsp3) is 0.897. The topological polar surface area (TPSA) is 63.7 Å². The molecule has 0 aromatic heterocycles. The Morgan fingerprint density at radius 1 is 1.09 bits per heavy atom. The molecule has 1 spiro atoms. The summed E-state index contributed by atoms with van der Waals surface area (Å²) in [4.78, 5) is 12.2. The van der Waals surface area contributed by atoms with Gasteiger partial charge in [-0.15, -0.1) is 0 Å². The van der Waals surface area contributed by atoms with Gasteiger partial charge in [-0.25, -0.2) is 8.42 Å². The molecule has 196 valence electrons. The summed E-state index contributed by atoms with van der Waals surface area (Å²) in [5, 5.41) is 0. The van der Waals surface area contributed by atoms with E-state index in [2.05, 4.69) is 27.7 Å². The number of piperidine rings is 1. The maximum atomic E-state index is 12.7. The molecule has 0 radical (unpaired) electrons. The highest BCUT2D eigenvalue weighted by Gasteiger charge is 2.61. The van der Waals surface area contributed by atoms with Gasteiger partial charge in [0.1, 0.15) is 5.78 Å². The summed E-state index contributed by atoms with van der Waals surface area (Å²) >= 11 is 0. The van der Waals surface area contributed by atoms with E-state index < -0.39 is 10.0 Å². The number of carbonyl (C=O) groups excluding carboxylic acids is 1. The molecule has 10 unspecified atom stereocenters. The number of hydrogen-bond donors (Lipinski definition) is 0. The first-order valence-electron chi connectivity index (χ1n) is 14.3. The minimum atomic E-state index is -3.26. The number of carbonyl (C=O) groups is 1. The lowest BCUT2D eigenvalue weighted by molar-refractivity contribution is -0.129. The third-order valence-electron chi connectivity index (χ3n) is 12.0. The van der Waals surface area contributed by atoms with Gasteiger partial charge in [0, 0.05) is 25.3 Å². The van der Waals surface area contributed by atoms with Crippen LogP contribution in [0.15, 0.2) is 11.1 Å². The van der Waals surface area contributed by atoms with Crippen molar-refractivity contribution in [1.82, 2.24) is 4.31 Å². The number of ketones is 1. The zero-order chi connectivity index (χ0) is 24.9. The maximum Gasteiger partial charge on any atom is 0.211 e. The molecule has 4 aliphatic carbocycles. The van der Waals surface area contributed by atoms with Crippen molar-refractivity contribution in [2.24, 2.45) is 40.9 Å². The summed E-state index contributed by atoms with van der Waals surface area (Å²) in [6.45, 7) is 9.92. The van der Waals surface area contributed by atoms with Gasteiger partial charge >= 0.3 is 0 Å². The monoisotopic (exact) mass is 503 g/mol. The van der Waals surface area contributed by atoms with Crippen LogP contribution in [0, 0.1) is 40.9 Å². The first kappa shape index (κ1) is 24.6. The number of allylic oxidation sites excluding steroid dienone is 1. The Morgan fingerprint density at radius 2 is 1.86 bits per heavy atom. The molecule has 0 aromatic rings. The molecular formula is C29H45NO4S. The van der Waals surface area contributed by atoms with E-state index in [1.165, 1.54) is 37.5 Å². The highest BCUT2D eigenvalue weighted by Crippen LogP contribution is 2.65. The first-order valence-corrected chi connectivity index (χ1v) is 16.1. The van der Waals surface area contributed by atoms with Gasteiger partial charge < -0.3 is 4.74 Å². The molecule has 0 amide bonds. The molecule has 0 aromatic carbocycles. The fourth-order valence-corrected chi connectivity index (χ4v) is 11.4. The zero-order valence-electron chi connectivity index (χ0n) is 22.4. The molecule has 6 aliphatic rings. The third kappa shape index (κ3) is 3.66. The molecule has 0 N–H and O–H groups in total. The number of rotatable bonds is 1. The summed E-state index contributed by atoms with van der Waals surface area (Å²) in [5.74, 6) is 3.74. The number of fused-ring (bicyclic) bond motifs is 6. The van der Waals surface area contributed by atoms with Crippen molar-refractivity contribution in [2.45, 2.75) is 110 Å². The van der Waals surface area contributed by atoms with Crippen molar-refractivity contribution in [3.05, 3.63) is 11.1 Å². The summed E-state index contributed by atoms with van der Waals surface area (Å²) in [5.41, 5.74) is 3.32. The van der Waals surface area contributed by atoms with E-state index in [9.17, 15) is 13.2 Å². The van der Waals surface area contributed by atoms with Gasteiger partial charge in [0.2, 0.25) is 10.0 Å². The number of sulfonamides is 1. The smallest absolute Gasteiger partial charge is 0.211 e. The predicted molar refractivity (Wildman–Crippen MR) is 137 cm³/mol. The van der Waals surface area contributed by atoms with Crippen LogP contribution in [0.4, 0.5) is 0 Å². The van der Waals surface area contributed by atoms with Crippen molar-refractivity contribution < 1.29 is 17.9 Å². The Morgan fingerprint density at radius 3 is 2.60 bits per heavy atom. The van der Waals surface area contributed by atoms with Crippen LogP contribution in [0.3, 0.4) is 0 Å². The average Bonchev–Trinajstić information content (AvgIpc) is 3.23. The molecule has 6 heteroatoms. The molecule has 3 saturated carbocycles. The van der Waals surface area contributed by atoms with Gasteiger partial charge in [-0.2, -0.15) is 4.31 Å². The maximum absolute atomic E-state index is 12.7. The van der Waals surface area contributed by atoms with E-state index in [1.807, 2.05) is 0 Å². The van der Waals surface area contributed by atoms with E-state index in [1.54, 1.807) is 9.88 Å². The molecule has 2 heterocycles. The molecule has 10 atom stereocenters. The summed E-state index contributed by atoms with van der Waals surface area (Å²) < 4.78 is 34.3. The van der Waals surface area contributed by atoms with Crippen molar-refractivity contribution in [1.29, 1.82) is 0 Å². The molecule has 2 aliphatic heterocycles. The molecule has 0 bridgehead atoms. The number of ether oxygens (including phenoxy) is 1. The predicted octanol–water partition coefficient (Wildman–Crippen LogP) is 5.35. The van der Waals surface area contributed by atoms with Crippen LogP contribution in [0.25, 0.3) is 0 Å². The second-order valence-electron chi connectivity index (χ2n) is 13.8. The summed E-state index contributed by atoms with van der Waals surface area (Å²) in [7, 11) is -3.26. The van der Waals surface area contributed by atoms with E-state index in [0.29, 0.717) is 35.5 Å². The van der Waals surface area contributed by atoms with Crippen molar-refractivity contribution in [3.63, 3.8) is 0 Å². The van der Waals surface area contributed by atoms with Crippen LogP contribution >= 0.6 is 0 Å². The fourth-order valence-electron chi connectivity index (χ4n) is 10.1. The van der Waals surface area contributed by atoms with Crippen LogP contribution in [-0.4, -0.2) is 49.1 Å². The van der Waals surface area contributed by atoms with Crippen molar-refractivity contribution in [3.8, 4) is 0 Å². The lowest BCUT2D eigenvalue weighted by atomic mass is 9.52. The van der Waals surface area contributed by atoms with Crippen LogP contribution in [0.5, 0.6) is 0 Å². The van der Waals surface area contributed by atoms with Gasteiger partial charge in [0.05, 0.1) is 24.0 Å². The Bertz CT molecular complexity index is 1050. The standard InChI is InChI=1S/C29H45NO4S/c1-17-12-26-27(30(16-17)35(5,32)33)19(3)29(34-26)11-9-22-23-7-6-20-13-21(31)8-10-28(20,4)25(23)14-24(22)18(2)15-29/h17,19-20,22-23,25-27H,6-16H2,1-5H3. The van der Waals surface area contributed by atoms with Crippen LogP contribution < -0.4 is 0 Å². The Hall–Kier alpha value is -0.720. The second-order valence-corrected chi connectivity index (χ2v) is 15.7. The molecule has 5 nitrogen and oxygen atoms in total. The highest BCUT2D eigenvalue weighted by molar-refractivity contribution is 7.88. The quantitative estimate of drug-likeness (QED) is 0.453. The van der Waals surface area contributed by atoms with Crippen LogP contribution in [-0.2, 0) is 19.6 Å². The third-order valence-corrected chi connectivity index (χ3v) is 13.2. The SMILES string of the molecule is CC1=C2CC3C(CCC4CC(=O)CCC43C)C2CCC2(C1)OC1CC(C)CN(S(C)(=O)=O)C1C2C. The number of nitrogens with zero attached hydrogens (tertiary/aromatic N) is 1. The summed E-state index contributed by atoms with van der Waals surface area (Å²) in [6, 6.07) is -0.0289. The van der Waals surface area contributed by atoms with E-state index in [0.717, 1.165) is 50.4 Å². The average molecular weight is 504 g/mol. The normalized spacial score (nSPS) is 50.5. The van der Waals surface area contributed by atoms with Gasteiger partial charge in [-0.05, 0) is 93.3 Å². The largest absolute Gasteiger partial charge is 0.369 e.